The SMILES string of the molecule is CCSC1=C(C(=O)O)C(C)=CC(N2CCOCC2)N1Cc1ccc(N(C)C)cc1. The third kappa shape index (κ3) is 4.97. The third-order valence-corrected chi connectivity index (χ3v) is 6.31. The van der Waals surface area contributed by atoms with E-state index in [1.807, 2.05) is 21.0 Å². The largest absolute Gasteiger partial charge is 0.478 e. The lowest BCUT2D eigenvalue weighted by atomic mass is 10.0. The van der Waals surface area contributed by atoms with Gasteiger partial charge in [0, 0.05) is 39.4 Å². The molecule has 1 fully saturated rings. The number of hydrogen-bond donors (Lipinski definition) is 1. The van der Waals surface area contributed by atoms with E-state index in [0.717, 1.165) is 35.1 Å². The highest BCUT2D eigenvalue weighted by Gasteiger charge is 2.34. The Morgan fingerprint density at radius 1 is 1.24 bits per heavy atom. The van der Waals surface area contributed by atoms with Crippen molar-refractivity contribution in [1.29, 1.82) is 0 Å². The van der Waals surface area contributed by atoms with E-state index < -0.39 is 5.97 Å². The minimum Gasteiger partial charge on any atom is -0.478 e. The molecule has 1 saturated heterocycles. The molecule has 158 valence electrons. The van der Waals surface area contributed by atoms with Crippen LogP contribution < -0.4 is 4.90 Å². The van der Waals surface area contributed by atoms with Crippen LogP contribution >= 0.6 is 11.8 Å². The Balaban J connectivity index is 1.98. The van der Waals surface area contributed by atoms with Gasteiger partial charge < -0.3 is 19.6 Å². The summed E-state index contributed by atoms with van der Waals surface area (Å²) in [5, 5.41) is 10.8. The Kier molecular flexibility index (Phi) is 7.27. The third-order valence-electron chi connectivity index (χ3n) is 5.31. The zero-order valence-corrected chi connectivity index (χ0v) is 18.5. The molecule has 0 bridgehead atoms. The van der Waals surface area contributed by atoms with Gasteiger partial charge in [0.15, 0.2) is 0 Å². The lowest BCUT2D eigenvalue weighted by Gasteiger charge is -2.44. The van der Waals surface area contributed by atoms with Crippen molar-refractivity contribution in [2.45, 2.75) is 26.6 Å². The van der Waals surface area contributed by atoms with Crippen LogP contribution in [0, 0.1) is 0 Å². The fourth-order valence-electron chi connectivity index (χ4n) is 3.79. The Morgan fingerprint density at radius 2 is 1.90 bits per heavy atom. The van der Waals surface area contributed by atoms with Gasteiger partial charge >= 0.3 is 5.97 Å². The van der Waals surface area contributed by atoms with Crippen molar-refractivity contribution in [3.63, 3.8) is 0 Å². The molecule has 1 atom stereocenters. The average Bonchev–Trinajstić information content (AvgIpc) is 2.70. The molecular formula is C22H31N3O3S. The van der Waals surface area contributed by atoms with Crippen LogP contribution in [0.15, 0.2) is 46.5 Å². The van der Waals surface area contributed by atoms with Crippen molar-refractivity contribution in [3.05, 3.63) is 52.1 Å². The van der Waals surface area contributed by atoms with E-state index >= 15 is 0 Å². The molecule has 0 saturated carbocycles. The van der Waals surface area contributed by atoms with Gasteiger partial charge in [-0.15, -0.1) is 11.8 Å². The molecule has 29 heavy (non-hydrogen) atoms. The highest BCUT2D eigenvalue weighted by Crippen LogP contribution is 2.37. The van der Waals surface area contributed by atoms with Crippen molar-refractivity contribution >= 4 is 23.4 Å². The number of ether oxygens (including phenoxy) is 1. The van der Waals surface area contributed by atoms with Gasteiger partial charge in [-0.2, -0.15) is 0 Å². The monoisotopic (exact) mass is 417 g/mol. The van der Waals surface area contributed by atoms with Crippen molar-refractivity contribution in [2.24, 2.45) is 0 Å². The molecule has 0 spiro atoms. The second-order valence-electron chi connectivity index (χ2n) is 7.52. The number of rotatable bonds is 7. The molecule has 0 radical (unpaired) electrons. The second kappa shape index (κ2) is 9.69. The zero-order valence-electron chi connectivity index (χ0n) is 17.7. The van der Waals surface area contributed by atoms with Crippen molar-refractivity contribution in [1.82, 2.24) is 9.80 Å². The number of morpholine rings is 1. The number of hydrogen-bond acceptors (Lipinski definition) is 6. The predicted octanol–water partition coefficient (Wildman–Crippen LogP) is 3.22. The Bertz CT molecular complexity index is 783. The summed E-state index contributed by atoms with van der Waals surface area (Å²) in [7, 11) is 4.05. The number of aliphatic carboxylic acids is 1. The molecule has 7 heteroatoms. The normalized spacial score (nSPS) is 20.6. The molecule has 0 amide bonds. The number of thioether (sulfide) groups is 1. The van der Waals surface area contributed by atoms with Crippen LogP contribution in [0.3, 0.4) is 0 Å². The standard InChI is InChI=1S/C22H31N3O3S/c1-5-29-21-20(22(26)27)16(2)14-19(24-10-12-28-13-11-24)25(21)15-17-6-8-18(9-7-17)23(3)4/h6-9,14,19H,5,10-13,15H2,1-4H3,(H,26,27). The van der Waals surface area contributed by atoms with Gasteiger partial charge in [-0.3, -0.25) is 4.90 Å². The van der Waals surface area contributed by atoms with Gasteiger partial charge in [0.2, 0.25) is 0 Å². The number of carboxylic acids is 1. The fraction of sp³-hybridized carbons (Fsp3) is 0.500. The lowest BCUT2D eigenvalue weighted by Crippen LogP contribution is -2.52. The second-order valence-corrected chi connectivity index (χ2v) is 8.77. The van der Waals surface area contributed by atoms with E-state index in [2.05, 4.69) is 52.0 Å². The quantitative estimate of drug-likeness (QED) is 0.731. The molecule has 1 aromatic rings. The molecule has 0 aromatic heterocycles. The molecule has 2 aliphatic rings. The van der Waals surface area contributed by atoms with Crippen molar-refractivity contribution in [3.8, 4) is 0 Å². The minimum atomic E-state index is -0.858. The van der Waals surface area contributed by atoms with Crippen LogP contribution in [0.4, 0.5) is 5.69 Å². The molecule has 1 unspecified atom stereocenters. The molecule has 2 aliphatic heterocycles. The molecule has 3 rings (SSSR count). The zero-order chi connectivity index (χ0) is 21.0. The van der Waals surface area contributed by atoms with Crippen molar-refractivity contribution in [2.75, 3.05) is 51.1 Å². The van der Waals surface area contributed by atoms with Crippen LogP contribution in [0.2, 0.25) is 0 Å². The summed E-state index contributed by atoms with van der Waals surface area (Å²) in [6, 6.07) is 8.48. The Labute approximate surface area is 177 Å². The number of benzene rings is 1. The smallest absolute Gasteiger partial charge is 0.338 e. The first-order valence-corrected chi connectivity index (χ1v) is 11.0. The summed E-state index contributed by atoms with van der Waals surface area (Å²) in [6.07, 6.45) is 2.13. The first-order valence-electron chi connectivity index (χ1n) is 10.1. The van der Waals surface area contributed by atoms with E-state index in [0.29, 0.717) is 25.3 Å². The highest BCUT2D eigenvalue weighted by atomic mass is 32.2. The van der Waals surface area contributed by atoms with Gasteiger partial charge in [-0.25, -0.2) is 4.79 Å². The summed E-state index contributed by atoms with van der Waals surface area (Å²) in [5.74, 6) is -0.0336. The first-order chi connectivity index (χ1) is 13.9. The average molecular weight is 418 g/mol. The van der Waals surface area contributed by atoms with Crippen LogP contribution in [0.1, 0.15) is 19.4 Å². The molecule has 0 aliphatic carbocycles. The van der Waals surface area contributed by atoms with Crippen molar-refractivity contribution < 1.29 is 14.6 Å². The molecule has 6 nitrogen and oxygen atoms in total. The summed E-state index contributed by atoms with van der Waals surface area (Å²) in [4.78, 5) is 18.8. The van der Waals surface area contributed by atoms with Gasteiger partial charge in [-0.1, -0.05) is 19.1 Å². The minimum absolute atomic E-state index is 0.0320. The molecule has 1 aromatic carbocycles. The highest BCUT2D eigenvalue weighted by molar-refractivity contribution is 8.03. The summed E-state index contributed by atoms with van der Waals surface area (Å²) in [6.45, 7) is 7.75. The topological polar surface area (TPSA) is 56.2 Å². The predicted molar refractivity (Wildman–Crippen MR) is 119 cm³/mol. The maximum Gasteiger partial charge on any atom is 0.338 e. The lowest BCUT2D eigenvalue weighted by molar-refractivity contribution is -0.132. The van der Waals surface area contributed by atoms with Crippen LogP contribution in [-0.2, 0) is 16.1 Å². The number of carboxylic acid groups (broad SMARTS) is 1. The van der Waals surface area contributed by atoms with Gasteiger partial charge in [0.25, 0.3) is 0 Å². The summed E-state index contributed by atoms with van der Waals surface area (Å²) < 4.78 is 5.54. The van der Waals surface area contributed by atoms with E-state index in [1.54, 1.807) is 11.8 Å². The summed E-state index contributed by atoms with van der Waals surface area (Å²) in [5.41, 5.74) is 3.58. The Morgan fingerprint density at radius 3 is 2.45 bits per heavy atom. The van der Waals surface area contributed by atoms with Gasteiger partial charge in [0.1, 0.15) is 6.17 Å². The first kappa shape index (κ1) is 21.7. The Hall–Kier alpha value is -1.96. The molecule has 2 heterocycles. The van der Waals surface area contributed by atoms with Crippen LogP contribution in [0.25, 0.3) is 0 Å². The number of anilines is 1. The van der Waals surface area contributed by atoms with E-state index in [4.69, 9.17) is 4.74 Å². The van der Waals surface area contributed by atoms with E-state index in [9.17, 15) is 9.90 Å². The summed E-state index contributed by atoms with van der Waals surface area (Å²) >= 11 is 1.61. The van der Waals surface area contributed by atoms with Crippen LogP contribution in [-0.4, -0.2) is 73.2 Å². The number of nitrogens with zero attached hydrogens (tertiary/aromatic N) is 3. The molecular weight excluding hydrogens is 386 g/mol. The maximum atomic E-state index is 12.1. The van der Waals surface area contributed by atoms with Crippen LogP contribution in [0.5, 0.6) is 0 Å². The fourth-order valence-corrected chi connectivity index (χ4v) is 4.79. The van der Waals surface area contributed by atoms with E-state index in [-0.39, 0.29) is 6.17 Å². The number of carbonyl (C=O) groups is 1. The molecule has 1 N–H and O–H groups in total. The van der Waals surface area contributed by atoms with E-state index in [1.165, 1.54) is 5.56 Å². The van der Waals surface area contributed by atoms with Gasteiger partial charge in [0.05, 0.1) is 23.8 Å². The van der Waals surface area contributed by atoms with Gasteiger partial charge in [-0.05, 0) is 42.0 Å². The maximum absolute atomic E-state index is 12.1.